The third-order valence-electron chi connectivity index (χ3n) is 14.6. The maximum atomic E-state index is 15.9. The molecule has 0 radical (unpaired) electrons. The van der Waals surface area contributed by atoms with E-state index in [4.69, 9.17) is 18.9 Å². The molecule has 1 fully saturated rings. The topological polar surface area (TPSA) is 156 Å². The number of methoxy groups -OCH3 is 3. The average molecular weight is 959 g/mol. The van der Waals surface area contributed by atoms with E-state index in [-0.39, 0.29) is 48.7 Å². The number of carbonyl (C=O) groups excluding carboxylic acids is 4. The van der Waals surface area contributed by atoms with Gasteiger partial charge in [0.2, 0.25) is 5.91 Å². The number of rotatable bonds is 14. The number of aliphatic hydroxyl groups is 1. The fourth-order valence-corrected chi connectivity index (χ4v) is 14.9. The summed E-state index contributed by atoms with van der Waals surface area (Å²) in [6.07, 6.45) is -0.208. The van der Waals surface area contributed by atoms with Gasteiger partial charge in [0.1, 0.15) is 17.2 Å². The minimum absolute atomic E-state index is 0.0194. The van der Waals surface area contributed by atoms with Gasteiger partial charge in [-0.2, -0.15) is 0 Å². The first-order valence-corrected chi connectivity index (χ1v) is 26.6. The molecule has 3 heterocycles. The van der Waals surface area contributed by atoms with E-state index in [0.717, 1.165) is 27.6 Å². The first-order chi connectivity index (χ1) is 33.8. The second-order valence-electron chi connectivity index (χ2n) is 18.9. The van der Waals surface area contributed by atoms with Crippen LogP contribution in [-0.4, -0.2) is 81.8 Å². The van der Waals surface area contributed by atoms with Crippen molar-refractivity contribution in [2.45, 2.75) is 69.2 Å². The zero-order valence-electron chi connectivity index (χ0n) is 40.2. The van der Waals surface area contributed by atoms with E-state index in [1.807, 2.05) is 66.7 Å². The smallest absolute Gasteiger partial charge is 0.264 e. The summed E-state index contributed by atoms with van der Waals surface area (Å²) in [6.45, 7) is 6.87. The van der Waals surface area contributed by atoms with Crippen LogP contribution in [0.5, 0.6) is 17.2 Å². The zero-order valence-corrected chi connectivity index (χ0v) is 41.2. The Bertz CT molecular complexity index is 2930. The molecule has 9 rings (SSSR count). The third kappa shape index (κ3) is 8.94. The highest BCUT2D eigenvalue weighted by molar-refractivity contribution is 6.91. The molecule has 13 nitrogen and oxygen atoms in total. The summed E-state index contributed by atoms with van der Waals surface area (Å²) < 4.78 is 23.5. The van der Waals surface area contributed by atoms with Crippen molar-refractivity contribution < 1.29 is 43.2 Å². The average Bonchev–Trinajstić information content (AvgIpc) is 3.80. The highest BCUT2D eigenvalue weighted by atomic mass is 28.3. The quantitative estimate of drug-likeness (QED) is 0.0915. The number of nitrogens with zero attached hydrogens (tertiary/aromatic N) is 2. The van der Waals surface area contributed by atoms with Crippen molar-refractivity contribution in [1.82, 2.24) is 4.90 Å². The highest BCUT2D eigenvalue weighted by Crippen LogP contribution is 2.60. The van der Waals surface area contributed by atoms with Crippen LogP contribution in [0.15, 0.2) is 140 Å². The highest BCUT2D eigenvalue weighted by Gasteiger charge is 2.66. The Morgan fingerprint density at radius 3 is 1.89 bits per heavy atom. The first kappa shape index (κ1) is 47.8. The molecule has 360 valence electrons. The van der Waals surface area contributed by atoms with Gasteiger partial charge in [-0.15, -0.1) is 0 Å². The number of amides is 4. The van der Waals surface area contributed by atoms with E-state index < -0.39 is 31.7 Å². The van der Waals surface area contributed by atoms with Gasteiger partial charge in [0.25, 0.3) is 17.7 Å². The van der Waals surface area contributed by atoms with Crippen molar-refractivity contribution in [3.8, 4) is 17.2 Å². The van der Waals surface area contributed by atoms with E-state index in [9.17, 15) is 19.5 Å². The predicted molar refractivity (Wildman–Crippen MR) is 272 cm³/mol. The van der Waals surface area contributed by atoms with Gasteiger partial charge >= 0.3 is 0 Å². The van der Waals surface area contributed by atoms with Crippen LogP contribution in [0.3, 0.4) is 0 Å². The molecule has 0 unspecified atom stereocenters. The number of ether oxygens (including phenoxy) is 4. The zero-order chi connectivity index (χ0) is 49.3. The molecule has 6 aromatic carbocycles. The van der Waals surface area contributed by atoms with E-state index in [1.54, 1.807) is 91.8 Å². The Morgan fingerprint density at radius 1 is 0.729 bits per heavy atom. The molecular weight excluding hydrogens is 901 g/mol. The van der Waals surface area contributed by atoms with Gasteiger partial charge in [-0.05, 0) is 120 Å². The Kier molecular flexibility index (Phi) is 13.4. The van der Waals surface area contributed by atoms with E-state index in [2.05, 4.69) is 42.8 Å². The maximum absolute atomic E-state index is 15.9. The largest absolute Gasteiger partial charge is 0.497 e. The molecule has 4 amide bonds. The molecule has 0 aliphatic carbocycles. The van der Waals surface area contributed by atoms with Gasteiger partial charge in [-0.1, -0.05) is 73.7 Å². The standard InChI is InChI=1S/C56H58N4O9Si/c1-35-52(70(5,6)47-25-23-46(68-4)24-26-47)50(31-51(62)59-33-40-12-8-7-11-39(40)29-43(59)34-61)69-56(35)48-30-42(58-54(64)38-16-21-45(67-3)22-17-38)18-27-49(48)60(55(56)65)32-36-10-9-13-41(28-36)57-53(63)37-14-19-44(66-2)20-15-37/h7-28,30,35,43,50,52,61H,29,31-34H2,1-6H3,(H,57,63)(H,58,64)/t35-,43-,50+,52-,56+/m0/s1. The number of carbonyl (C=O) groups is 4. The molecule has 5 atom stereocenters. The molecule has 3 aliphatic heterocycles. The maximum Gasteiger partial charge on any atom is 0.264 e. The van der Waals surface area contributed by atoms with Crippen molar-refractivity contribution in [1.29, 1.82) is 0 Å². The lowest BCUT2D eigenvalue weighted by atomic mass is 9.82. The number of hydrogen-bond acceptors (Lipinski definition) is 9. The molecule has 0 saturated carbocycles. The minimum Gasteiger partial charge on any atom is -0.497 e. The molecule has 3 N–H and O–H groups in total. The van der Waals surface area contributed by atoms with Crippen LogP contribution in [0.1, 0.15) is 56.3 Å². The fraction of sp³-hybridized carbons (Fsp3) is 0.286. The van der Waals surface area contributed by atoms with Crippen molar-refractivity contribution in [3.63, 3.8) is 0 Å². The van der Waals surface area contributed by atoms with Crippen LogP contribution in [0.4, 0.5) is 17.1 Å². The monoisotopic (exact) mass is 958 g/mol. The second kappa shape index (κ2) is 19.6. The summed E-state index contributed by atoms with van der Waals surface area (Å²) in [6, 6.07) is 42.1. The van der Waals surface area contributed by atoms with Crippen LogP contribution in [-0.2, 0) is 39.4 Å². The molecule has 6 aromatic rings. The lowest BCUT2D eigenvalue weighted by molar-refractivity contribution is -0.151. The van der Waals surface area contributed by atoms with Crippen LogP contribution < -0.4 is 34.9 Å². The SMILES string of the molecule is COc1ccc(C(=O)Nc2cccc(CN3C(=O)[C@]4(O[C@H](CC(=O)N5Cc6ccccc6C[C@H]5CO)[C@@H]([Si](C)(C)c5ccc(OC)cc5)[C@@H]4C)c4cc(NC(=O)c5ccc(OC)cc5)ccc43)c2)cc1. The van der Waals surface area contributed by atoms with Gasteiger partial charge in [0.15, 0.2) is 5.60 Å². The van der Waals surface area contributed by atoms with Crippen LogP contribution >= 0.6 is 0 Å². The number of anilines is 3. The number of aliphatic hydroxyl groups excluding tert-OH is 1. The molecule has 3 aliphatic rings. The lowest BCUT2D eigenvalue weighted by Crippen LogP contribution is -2.52. The van der Waals surface area contributed by atoms with Gasteiger partial charge in [0, 0.05) is 40.5 Å². The van der Waals surface area contributed by atoms with Gasteiger partial charge in [0.05, 0.1) is 66.8 Å². The second-order valence-corrected chi connectivity index (χ2v) is 23.6. The third-order valence-corrected chi connectivity index (χ3v) is 18.9. The summed E-state index contributed by atoms with van der Waals surface area (Å²) in [4.78, 5) is 61.4. The lowest BCUT2D eigenvalue weighted by Gasteiger charge is -2.39. The summed E-state index contributed by atoms with van der Waals surface area (Å²) >= 11 is 0. The summed E-state index contributed by atoms with van der Waals surface area (Å²) in [5, 5.41) is 17.8. The van der Waals surface area contributed by atoms with Gasteiger partial charge < -0.3 is 44.5 Å². The molecule has 0 bridgehead atoms. The molecule has 1 saturated heterocycles. The van der Waals surface area contributed by atoms with Crippen molar-refractivity contribution in [2.75, 3.05) is 43.5 Å². The van der Waals surface area contributed by atoms with E-state index >= 15 is 4.79 Å². The Morgan fingerprint density at radius 2 is 1.30 bits per heavy atom. The number of nitrogens with one attached hydrogen (secondary N) is 2. The summed E-state index contributed by atoms with van der Waals surface area (Å²) in [5.41, 5.74) is 4.13. The molecule has 0 aromatic heterocycles. The fourth-order valence-electron chi connectivity index (χ4n) is 10.9. The van der Waals surface area contributed by atoms with E-state index in [0.29, 0.717) is 58.2 Å². The van der Waals surface area contributed by atoms with Crippen molar-refractivity contribution >= 4 is 54.0 Å². The summed E-state index contributed by atoms with van der Waals surface area (Å²) in [5.74, 6) is 0.410. The van der Waals surface area contributed by atoms with Crippen molar-refractivity contribution in [2.24, 2.45) is 5.92 Å². The predicted octanol–water partition coefficient (Wildman–Crippen LogP) is 8.32. The normalized spacial score (nSPS) is 20.4. The number of fused-ring (bicyclic) bond motifs is 3. The molecule has 70 heavy (non-hydrogen) atoms. The number of benzene rings is 6. The molecule has 1 spiro atoms. The molecular formula is C56H58N4O9Si. The Hall–Kier alpha value is -7.26. The van der Waals surface area contributed by atoms with Crippen LogP contribution in [0, 0.1) is 5.92 Å². The van der Waals surface area contributed by atoms with Gasteiger partial charge in [-0.25, -0.2) is 0 Å². The van der Waals surface area contributed by atoms with Gasteiger partial charge in [-0.3, -0.25) is 19.2 Å². The van der Waals surface area contributed by atoms with E-state index in [1.165, 1.54) is 0 Å². The van der Waals surface area contributed by atoms with Crippen LogP contribution in [0.2, 0.25) is 18.6 Å². The Balaban J connectivity index is 1.11. The first-order valence-electron chi connectivity index (χ1n) is 23.5. The van der Waals surface area contributed by atoms with Crippen molar-refractivity contribution in [3.05, 3.63) is 173 Å². The molecule has 14 heteroatoms. The summed E-state index contributed by atoms with van der Waals surface area (Å²) in [7, 11) is 2.07. The Labute approximate surface area is 409 Å². The minimum atomic E-state index is -2.70. The number of hydrogen-bond donors (Lipinski definition) is 3. The van der Waals surface area contributed by atoms with Crippen LogP contribution in [0.25, 0.3) is 0 Å².